The standard InChI is InChI=1S/C13H12IN3O/c14-12-4-2-1-3-11(12)13(18)17-6-5-10-7-15-9-16-8-10/h1-4,7-9H,5-6H2,(H,17,18). The third-order valence-corrected chi connectivity index (χ3v) is 3.37. The van der Waals surface area contributed by atoms with Gasteiger partial charge in [0.15, 0.2) is 0 Å². The van der Waals surface area contributed by atoms with E-state index in [2.05, 4.69) is 37.9 Å². The molecule has 1 N–H and O–H groups in total. The van der Waals surface area contributed by atoms with Gasteiger partial charge in [-0.3, -0.25) is 4.79 Å². The van der Waals surface area contributed by atoms with Crippen molar-refractivity contribution >= 4 is 28.5 Å². The molecule has 0 aliphatic rings. The second kappa shape index (κ2) is 6.44. The van der Waals surface area contributed by atoms with E-state index in [0.717, 1.165) is 15.6 Å². The van der Waals surface area contributed by atoms with Crippen LogP contribution in [0.4, 0.5) is 0 Å². The van der Waals surface area contributed by atoms with E-state index in [9.17, 15) is 4.79 Å². The number of nitrogens with one attached hydrogen (secondary N) is 1. The lowest BCUT2D eigenvalue weighted by Gasteiger charge is -2.06. The zero-order valence-corrected chi connectivity index (χ0v) is 11.8. The van der Waals surface area contributed by atoms with Crippen molar-refractivity contribution in [1.82, 2.24) is 15.3 Å². The number of amides is 1. The molecule has 1 amide bonds. The molecule has 0 aliphatic heterocycles. The highest BCUT2D eigenvalue weighted by Gasteiger charge is 2.07. The van der Waals surface area contributed by atoms with Gasteiger partial charge >= 0.3 is 0 Å². The van der Waals surface area contributed by atoms with Gasteiger partial charge in [-0.25, -0.2) is 9.97 Å². The lowest BCUT2D eigenvalue weighted by atomic mass is 10.2. The van der Waals surface area contributed by atoms with Crippen molar-refractivity contribution in [2.75, 3.05) is 6.54 Å². The highest BCUT2D eigenvalue weighted by molar-refractivity contribution is 14.1. The maximum absolute atomic E-state index is 11.9. The van der Waals surface area contributed by atoms with Crippen LogP contribution in [-0.4, -0.2) is 22.4 Å². The Balaban J connectivity index is 1.88. The second-order valence-corrected chi connectivity index (χ2v) is 4.89. The van der Waals surface area contributed by atoms with E-state index >= 15 is 0 Å². The molecule has 1 aromatic carbocycles. The summed E-state index contributed by atoms with van der Waals surface area (Å²) in [6.07, 6.45) is 5.74. The predicted octanol–water partition coefficient (Wildman–Crippen LogP) is 2.05. The number of rotatable bonds is 4. The van der Waals surface area contributed by atoms with Crippen molar-refractivity contribution in [2.45, 2.75) is 6.42 Å². The van der Waals surface area contributed by atoms with Crippen LogP contribution in [0, 0.1) is 3.57 Å². The minimum absolute atomic E-state index is 0.0446. The molecule has 0 fully saturated rings. The minimum Gasteiger partial charge on any atom is -0.352 e. The van der Waals surface area contributed by atoms with Gasteiger partial charge in [0.05, 0.1) is 5.56 Å². The number of carbonyl (C=O) groups is 1. The molecule has 0 spiro atoms. The summed E-state index contributed by atoms with van der Waals surface area (Å²) in [7, 11) is 0. The van der Waals surface area contributed by atoms with Crippen LogP contribution < -0.4 is 5.32 Å². The van der Waals surface area contributed by atoms with Crippen molar-refractivity contribution < 1.29 is 4.79 Å². The van der Waals surface area contributed by atoms with Crippen molar-refractivity contribution in [3.05, 3.63) is 57.7 Å². The fourth-order valence-electron chi connectivity index (χ4n) is 1.52. The molecule has 0 bridgehead atoms. The zero-order chi connectivity index (χ0) is 12.8. The minimum atomic E-state index is -0.0446. The normalized spacial score (nSPS) is 10.1. The van der Waals surface area contributed by atoms with Crippen LogP contribution >= 0.6 is 22.6 Å². The molecule has 0 atom stereocenters. The third kappa shape index (κ3) is 3.49. The molecule has 4 nitrogen and oxygen atoms in total. The number of hydrogen-bond donors (Lipinski definition) is 1. The smallest absolute Gasteiger partial charge is 0.252 e. The number of carbonyl (C=O) groups excluding carboxylic acids is 1. The summed E-state index contributed by atoms with van der Waals surface area (Å²) in [5.74, 6) is -0.0446. The molecule has 1 aromatic heterocycles. The Morgan fingerprint density at radius 2 is 1.94 bits per heavy atom. The summed E-state index contributed by atoms with van der Waals surface area (Å²) in [5, 5.41) is 2.89. The monoisotopic (exact) mass is 353 g/mol. The van der Waals surface area contributed by atoms with E-state index in [1.54, 1.807) is 12.4 Å². The number of nitrogens with zero attached hydrogens (tertiary/aromatic N) is 2. The summed E-state index contributed by atoms with van der Waals surface area (Å²) in [6, 6.07) is 7.52. The van der Waals surface area contributed by atoms with E-state index in [1.807, 2.05) is 24.3 Å². The Morgan fingerprint density at radius 1 is 1.22 bits per heavy atom. The molecule has 0 saturated carbocycles. The molecule has 2 aromatic rings. The maximum atomic E-state index is 11.9. The average Bonchev–Trinajstić information content (AvgIpc) is 2.40. The SMILES string of the molecule is O=C(NCCc1cncnc1)c1ccccc1I. The fourth-order valence-corrected chi connectivity index (χ4v) is 2.15. The molecule has 18 heavy (non-hydrogen) atoms. The molecular weight excluding hydrogens is 341 g/mol. The fraction of sp³-hybridized carbons (Fsp3) is 0.154. The number of benzene rings is 1. The third-order valence-electron chi connectivity index (χ3n) is 2.43. The zero-order valence-electron chi connectivity index (χ0n) is 9.64. The highest BCUT2D eigenvalue weighted by Crippen LogP contribution is 2.10. The van der Waals surface area contributed by atoms with Gasteiger partial charge in [-0.05, 0) is 46.7 Å². The van der Waals surface area contributed by atoms with Gasteiger partial charge in [-0.15, -0.1) is 0 Å². The summed E-state index contributed by atoms with van der Waals surface area (Å²) < 4.78 is 0.954. The molecule has 0 radical (unpaired) electrons. The van der Waals surface area contributed by atoms with E-state index in [0.29, 0.717) is 12.1 Å². The first-order valence-electron chi connectivity index (χ1n) is 5.54. The maximum Gasteiger partial charge on any atom is 0.252 e. The van der Waals surface area contributed by atoms with Crippen molar-refractivity contribution in [2.24, 2.45) is 0 Å². The van der Waals surface area contributed by atoms with Gasteiger partial charge in [-0.1, -0.05) is 12.1 Å². The molecule has 92 valence electrons. The largest absolute Gasteiger partial charge is 0.352 e. The van der Waals surface area contributed by atoms with Crippen LogP contribution in [0.3, 0.4) is 0 Å². The predicted molar refractivity (Wildman–Crippen MR) is 77.2 cm³/mol. The number of aromatic nitrogens is 2. The van der Waals surface area contributed by atoms with Gasteiger partial charge in [-0.2, -0.15) is 0 Å². The van der Waals surface area contributed by atoms with E-state index in [1.165, 1.54) is 6.33 Å². The molecular formula is C13H12IN3O. The van der Waals surface area contributed by atoms with Crippen molar-refractivity contribution in [3.63, 3.8) is 0 Å². The van der Waals surface area contributed by atoms with E-state index in [-0.39, 0.29) is 5.91 Å². The Labute approximate surface area is 119 Å². The van der Waals surface area contributed by atoms with E-state index in [4.69, 9.17) is 0 Å². The summed E-state index contributed by atoms with van der Waals surface area (Å²) in [6.45, 7) is 0.581. The van der Waals surface area contributed by atoms with Crippen molar-refractivity contribution in [3.8, 4) is 0 Å². The molecule has 5 heteroatoms. The van der Waals surface area contributed by atoms with Gasteiger partial charge < -0.3 is 5.32 Å². The van der Waals surface area contributed by atoms with Crippen LogP contribution in [0.1, 0.15) is 15.9 Å². The van der Waals surface area contributed by atoms with Crippen molar-refractivity contribution in [1.29, 1.82) is 0 Å². The Kier molecular flexibility index (Phi) is 4.63. The summed E-state index contributed by atoms with van der Waals surface area (Å²) >= 11 is 2.16. The second-order valence-electron chi connectivity index (χ2n) is 3.73. The molecule has 0 unspecified atom stereocenters. The quantitative estimate of drug-likeness (QED) is 0.857. The van der Waals surface area contributed by atoms with Crippen LogP contribution in [0.15, 0.2) is 43.0 Å². The first kappa shape index (κ1) is 12.9. The highest BCUT2D eigenvalue weighted by atomic mass is 127. The van der Waals surface area contributed by atoms with Gasteiger partial charge in [0, 0.05) is 22.5 Å². The molecule has 0 saturated heterocycles. The van der Waals surface area contributed by atoms with Gasteiger partial charge in [0.25, 0.3) is 5.91 Å². The lowest BCUT2D eigenvalue weighted by Crippen LogP contribution is -2.26. The number of hydrogen-bond acceptors (Lipinski definition) is 3. The van der Waals surface area contributed by atoms with Crippen LogP contribution in [0.2, 0.25) is 0 Å². The Morgan fingerprint density at radius 3 is 2.67 bits per heavy atom. The first-order chi connectivity index (χ1) is 8.77. The Hall–Kier alpha value is -1.50. The molecule has 1 heterocycles. The van der Waals surface area contributed by atoms with Gasteiger partial charge in [0.1, 0.15) is 6.33 Å². The van der Waals surface area contributed by atoms with Crippen LogP contribution in [0.25, 0.3) is 0 Å². The first-order valence-corrected chi connectivity index (χ1v) is 6.62. The topological polar surface area (TPSA) is 54.9 Å². The van der Waals surface area contributed by atoms with Crippen LogP contribution in [0.5, 0.6) is 0 Å². The Bertz CT molecular complexity index is 531. The van der Waals surface area contributed by atoms with Crippen LogP contribution in [-0.2, 0) is 6.42 Å². The molecule has 0 aliphatic carbocycles. The number of halogens is 1. The average molecular weight is 353 g/mol. The van der Waals surface area contributed by atoms with Gasteiger partial charge in [0.2, 0.25) is 0 Å². The van der Waals surface area contributed by atoms with E-state index < -0.39 is 0 Å². The lowest BCUT2D eigenvalue weighted by molar-refractivity contribution is 0.0953. The summed E-state index contributed by atoms with van der Waals surface area (Å²) in [5.41, 5.74) is 1.72. The molecule has 2 rings (SSSR count). The summed E-state index contributed by atoms with van der Waals surface area (Å²) in [4.78, 5) is 19.8.